The molecule has 3 nitrogen and oxygen atoms in total. The zero-order valence-corrected chi connectivity index (χ0v) is 15.6. The van der Waals surface area contributed by atoms with Crippen LogP contribution in [-0.2, 0) is 0 Å². The van der Waals surface area contributed by atoms with Crippen molar-refractivity contribution in [2.45, 2.75) is 69.9 Å². The number of ether oxygens (including phenoxy) is 1. The lowest BCUT2D eigenvalue weighted by Crippen LogP contribution is -2.35. The third-order valence-electron chi connectivity index (χ3n) is 6.54. The van der Waals surface area contributed by atoms with Gasteiger partial charge in [0.2, 0.25) is 0 Å². The molecule has 3 aliphatic rings. The van der Waals surface area contributed by atoms with E-state index in [9.17, 15) is 0 Å². The van der Waals surface area contributed by atoms with Crippen LogP contribution >= 0.6 is 0 Å². The van der Waals surface area contributed by atoms with Crippen LogP contribution < -0.4 is 10.1 Å². The molecular formula is C22H34N2O. The number of rotatable bonds is 6. The maximum atomic E-state index is 5.99. The van der Waals surface area contributed by atoms with E-state index in [1.165, 1.54) is 83.0 Å². The van der Waals surface area contributed by atoms with Crippen LogP contribution in [0.25, 0.3) is 0 Å². The first-order chi connectivity index (χ1) is 12.4. The summed E-state index contributed by atoms with van der Waals surface area (Å²) in [4.78, 5) is 2.76. The summed E-state index contributed by atoms with van der Waals surface area (Å²) in [5.41, 5.74) is 1.49. The lowest BCUT2D eigenvalue weighted by molar-refractivity contribution is 0.150. The Labute approximate surface area is 153 Å². The van der Waals surface area contributed by atoms with Gasteiger partial charge in [0.15, 0.2) is 0 Å². The van der Waals surface area contributed by atoms with Crippen LogP contribution in [0.3, 0.4) is 0 Å². The highest BCUT2D eigenvalue weighted by atomic mass is 16.5. The maximum Gasteiger partial charge on any atom is 0.119 e. The molecule has 0 aliphatic carbocycles. The zero-order chi connectivity index (χ0) is 16.9. The lowest BCUT2D eigenvalue weighted by atomic mass is 9.95. The van der Waals surface area contributed by atoms with E-state index < -0.39 is 0 Å². The van der Waals surface area contributed by atoms with Crippen molar-refractivity contribution in [2.75, 3.05) is 26.2 Å². The Morgan fingerprint density at radius 2 is 1.92 bits per heavy atom. The first-order valence-electron chi connectivity index (χ1n) is 10.6. The minimum atomic E-state index is 0.651. The average Bonchev–Trinajstić information content (AvgIpc) is 3.11. The summed E-state index contributed by atoms with van der Waals surface area (Å²) in [6, 6.07) is 10.5. The highest BCUT2D eigenvalue weighted by molar-refractivity contribution is 5.30. The Kier molecular flexibility index (Phi) is 5.94. The van der Waals surface area contributed by atoms with E-state index in [-0.39, 0.29) is 0 Å². The molecule has 1 N–H and O–H groups in total. The molecule has 0 amide bonds. The van der Waals surface area contributed by atoms with E-state index in [1.807, 2.05) is 0 Å². The lowest BCUT2D eigenvalue weighted by Gasteiger charge is -2.34. The van der Waals surface area contributed by atoms with Gasteiger partial charge in [0.05, 0.1) is 6.61 Å². The van der Waals surface area contributed by atoms with Crippen molar-refractivity contribution >= 4 is 0 Å². The van der Waals surface area contributed by atoms with Crippen molar-refractivity contribution in [3.63, 3.8) is 0 Å². The van der Waals surface area contributed by atoms with Gasteiger partial charge in [0.25, 0.3) is 0 Å². The smallest absolute Gasteiger partial charge is 0.119 e. The quantitative estimate of drug-likeness (QED) is 0.769. The van der Waals surface area contributed by atoms with E-state index in [1.54, 1.807) is 0 Å². The number of nitrogens with zero attached hydrogens (tertiary/aromatic N) is 1. The number of benzene rings is 1. The topological polar surface area (TPSA) is 24.5 Å². The molecule has 3 saturated heterocycles. The Morgan fingerprint density at radius 1 is 1.00 bits per heavy atom. The van der Waals surface area contributed by atoms with Gasteiger partial charge in [-0.15, -0.1) is 0 Å². The molecular weight excluding hydrogens is 308 g/mol. The van der Waals surface area contributed by atoms with Crippen LogP contribution in [0.2, 0.25) is 0 Å². The summed E-state index contributed by atoms with van der Waals surface area (Å²) in [6.45, 7) is 4.56. The Balaban J connectivity index is 1.23. The predicted molar refractivity (Wildman–Crippen MR) is 103 cm³/mol. The van der Waals surface area contributed by atoms with Gasteiger partial charge in [0, 0.05) is 12.1 Å². The Morgan fingerprint density at radius 3 is 2.76 bits per heavy atom. The summed E-state index contributed by atoms with van der Waals surface area (Å²) >= 11 is 0. The molecule has 0 bridgehead atoms. The fourth-order valence-corrected chi connectivity index (χ4v) is 5.14. The van der Waals surface area contributed by atoms with Crippen molar-refractivity contribution in [3.8, 4) is 5.75 Å². The Bertz CT molecular complexity index is 523. The van der Waals surface area contributed by atoms with Crippen LogP contribution in [0.5, 0.6) is 5.75 Å². The zero-order valence-electron chi connectivity index (χ0n) is 15.6. The van der Waals surface area contributed by atoms with Crippen LogP contribution in [0.15, 0.2) is 24.3 Å². The molecule has 0 aromatic heterocycles. The monoisotopic (exact) mass is 342 g/mol. The third kappa shape index (κ3) is 4.38. The van der Waals surface area contributed by atoms with Crippen molar-refractivity contribution in [3.05, 3.63) is 29.8 Å². The summed E-state index contributed by atoms with van der Waals surface area (Å²) in [6.07, 6.45) is 12.1. The number of fused-ring (bicyclic) bond motifs is 1. The predicted octanol–water partition coefficient (Wildman–Crippen LogP) is 4.53. The second-order valence-electron chi connectivity index (χ2n) is 8.25. The fourth-order valence-electron chi connectivity index (χ4n) is 5.14. The molecule has 3 heterocycles. The van der Waals surface area contributed by atoms with Gasteiger partial charge in [-0.2, -0.15) is 0 Å². The maximum absolute atomic E-state index is 5.99. The van der Waals surface area contributed by atoms with E-state index in [0.717, 1.165) is 24.3 Å². The number of nitrogens with one attached hydrogen (secondary N) is 1. The van der Waals surface area contributed by atoms with Gasteiger partial charge in [-0.3, -0.25) is 4.90 Å². The molecule has 0 spiro atoms. The minimum absolute atomic E-state index is 0.651. The molecule has 25 heavy (non-hydrogen) atoms. The molecule has 3 unspecified atom stereocenters. The largest absolute Gasteiger partial charge is 0.494 e. The van der Waals surface area contributed by atoms with E-state index in [0.29, 0.717) is 6.04 Å². The van der Waals surface area contributed by atoms with Crippen molar-refractivity contribution in [2.24, 2.45) is 5.92 Å². The summed E-state index contributed by atoms with van der Waals surface area (Å²) in [5, 5.41) is 3.50. The summed E-state index contributed by atoms with van der Waals surface area (Å²) in [7, 11) is 0. The van der Waals surface area contributed by atoms with E-state index in [4.69, 9.17) is 4.74 Å². The van der Waals surface area contributed by atoms with Crippen LogP contribution in [-0.4, -0.2) is 37.2 Å². The van der Waals surface area contributed by atoms with E-state index >= 15 is 0 Å². The van der Waals surface area contributed by atoms with Crippen molar-refractivity contribution < 1.29 is 4.74 Å². The van der Waals surface area contributed by atoms with Crippen LogP contribution in [0.1, 0.15) is 69.4 Å². The highest BCUT2D eigenvalue weighted by Gasteiger charge is 2.35. The fraction of sp³-hybridized carbons (Fsp3) is 0.727. The first-order valence-corrected chi connectivity index (χ1v) is 10.6. The molecule has 0 radical (unpaired) electrons. The molecule has 3 atom stereocenters. The molecule has 3 fully saturated rings. The third-order valence-corrected chi connectivity index (χ3v) is 6.54. The van der Waals surface area contributed by atoms with Crippen LogP contribution in [0.4, 0.5) is 0 Å². The van der Waals surface area contributed by atoms with Crippen molar-refractivity contribution in [1.29, 1.82) is 0 Å². The van der Waals surface area contributed by atoms with Gasteiger partial charge >= 0.3 is 0 Å². The highest BCUT2D eigenvalue weighted by Crippen LogP contribution is 2.40. The normalized spacial score (nSPS) is 30.2. The second-order valence-corrected chi connectivity index (χ2v) is 8.25. The second kappa shape index (κ2) is 8.55. The number of piperidine rings is 2. The number of hydrogen-bond donors (Lipinski definition) is 1. The van der Waals surface area contributed by atoms with Crippen molar-refractivity contribution in [1.82, 2.24) is 10.2 Å². The molecule has 1 aromatic rings. The molecule has 3 heteroatoms. The minimum Gasteiger partial charge on any atom is -0.494 e. The van der Waals surface area contributed by atoms with Gasteiger partial charge in [-0.05, 0) is 94.6 Å². The first kappa shape index (κ1) is 17.4. The molecule has 138 valence electrons. The van der Waals surface area contributed by atoms with Gasteiger partial charge in [0.1, 0.15) is 5.75 Å². The molecule has 0 saturated carbocycles. The standard InChI is InChI=1S/C22H34N2O/c1-2-15-24-20(7-1)10-13-22(24)19-8-11-21(12-9-19)25-16-4-6-18-5-3-14-23-17-18/h8-9,11-12,18,20,22-23H,1-7,10,13-17H2. The van der Waals surface area contributed by atoms with Gasteiger partial charge < -0.3 is 10.1 Å². The van der Waals surface area contributed by atoms with E-state index in [2.05, 4.69) is 34.5 Å². The number of hydrogen-bond acceptors (Lipinski definition) is 3. The van der Waals surface area contributed by atoms with Gasteiger partial charge in [-0.25, -0.2) is 0 Å². The molecule has 1 aromatic carbocycles. The average molecular weight is 343 g/mol. The molecule has 3 aliphatic heterocycles. The van der Waals surface area contributed by atoms with Gasteiger partial charge in [-0.1, -0.05) is 18.6 Å². The molecule has 4 rings (SSSR count). The summed E-state index contributed by atoms with van der Waals surface area (Å²) < 4.78 is 5.99. The SMILES string of the molecule is c1cc(C2CCC3CCCCN32)ccc1OCCCC1CCCNC1. The Hall–Kier alpha value is -1.06. The van der Waals surface area contributed by atoms with Crippen LogP contribution in [0, 0.1) is 5.92 Å². The summed E-state index contributed by atoms with van der Waals surface area (Å²) in [5.74, 6) is 1.90.